The summed E-state index contributed by atoms with van der Waals surface area (Å²) in [6, 6.07) is 0. The zero-order valence-corrected chi connectivity index (χ0v) is 7.65. The second kappa shape index (κ2) is 3.88. The van der Waals surface area contributed by atoms with Crippen LogP contribution in [0.2, 0.25) is 0 Å². The van der Waals surface area contributed by atoms with Gasteiger partial charge in [-0.05, 0) is 13.8 Å². The predicted octanol–water partition coefficient (Wildman–Crippen LogP) is 1.24. The molecule has 6 nitrogen and oxygen atoms in total. The smallest absolute Gasteiger partial charge is 0.330 e. The molecule has 1 rings (SSSR count). The lowest BCUT2D eigenvalue weighted by Gasteiger charge is -1.95. The van der Waals surface area contributed by atoms with Crippen LogP contribution >= 0.6 is 0 Å². The quantitative estimate of drug-likeness (QED) is 0.564. The summed E-state index contributed by atoms with van der Waals surface area (Å²) in [4.78, 5) is 10.1. The molecule has 0 fully saturated rings. The van der Waals surface area contributed by atoms with E-state index in [9.17, 15) is 10.1 Å². The van der Waals surface area contributed by atoms with Gasteiger partial charge in [-0.25, -0.2) is 0 Å². The van der Waals surface area contributed by atoms with Gasteiger partial charge < -0.3 is 5.32 Å². The highest BCUT2D eigenvalue weighted by atomic mass is 16.6. The summed E-state index contributed by atoms with van der Waals surface area (Å²) in [7, 11) is 0. The summed E-state index contributed by atoms with van der Waals surface area (Å²) in [5.74, 6) is 0.342. The molecule has 0 amide bonds. The standard InChI is InChI=1S/C7H12N4O2/c1-3-8-7-6(11(12)13)5-10(4-2)9-7/h5H,3-4H2,1-2H3,(H,8,9). The number of hydrogen-bond acceptors (Lipinski definition) is 4. The van der Waals surface area contributed by atoms with Gasteiger partial charge in [0.2, 0.25) is 5.82 Å². The minimum absolute atomic E-state index is 0.0312. The van der Waals surface area contributed by atoms with Crippen molar-refractivity contribution in [3.8, 4) is 0 Å². The molecule has 0 unspecified atom stereocenters. The van der Waals surface area contributed by atoms with Crippen molar-refractivity contribution in [2.24, 2.45) is 0 Å². The summed E-state index contributed by atoms with van der Waals surface area (Å²) < 4.78 is 1.54. The largest absolute Gasteiger partial charge is 0.363 e. The van der Waals surface area contributed by atoms with E-state index in [-0.39, 0.29) is 5.69 Å². The maximum Gasteiger partial charge on any atom is 0.330 e. The molecule has 0 atom stereocenters. The Bertz CT molecular complexity index is 307. The Morgan fingerprint density at radius 2 is 2.38 bits per heavy atom. The highest BCUT2D eigenvalue weighted by molar-refractivity contribution is 5.54. The van der Waals surface area contributed by atoms with Crippen LogP contribution in [0.25, 0.3) is 0 Å². The maximum atomic E-state index is 10.5. The summed E-state index contributed by atoms with van der Waals surface area (Å²) in [5.41, 5.74) is 0.0312. The van der Waals surface area contributed by atoms with Gasteiger partial charge in [-0.1, -0.05) is 0 Å². The molecule has 13 heavy (non-hydrogen) atoms. The van der Waals surface area contributed by atoms with E-state index in [1.807, 2.05) is 13.8 Å². The molecule has 0 radical (unpaired) electrons. The normalized spacial score (nSPS) is 10.0. The SMILES string of the molecule is CCNc1nn(CC)cc1[N+](=O)[O-]. The number of anilines is 1. The van der Waals surface area contributed by atoms with Crippen LogP contribution in [0, 0.1) is 10.1 Å². The van der Waals surface area contributed by atoms with E-state index in [4.69, 9.17) is 0 Å². The highest BCUT2D eigenvalue weighted by Crippen LogP contribution is 2.21. The van der Waals surface area contributed by atoms with Gasteiger partial charge in [0.15, 0.2) is 0 Å². The van der Waals surface area contributed by atoms with E-state index in [2.05, 4.69) is 10.4 Å². The Kier molecular flexibility index (Phi) is 2.84. The fourth-order valence-electron chi connectivity index (χ4n) is 1.000. The molecular weight excluding hydrogens is 172 g/mol. The number of rotatable bonds is 4. The number of nitrogens with one attached hydrogen (secondary N) is 1. The predicted molar refractivity (Wildman–Crippen MR) is 48.7 cm³/mol. The van der Waals surface area contributed by atoms with E-state index >= 15 is 0 Å². The first-order chi connectivity index (χ1) is 6.19. The van der Waals surface area contributed by atoms with Gasteiger partial charge in [0, 0.05) is 13.1 Å². The topological polar surface area (TPSA) is 73.0 Å². The minimum Gasteiger partial charge on any atom is -0.363 e. The Morgan fingerprint density at radius 3 is 2.85 bits per heavy atom. The van der Waals surface area contributed by atoms with Gasteiger partial charge in [0.25, 0.3) is 0 Å². The molecular formula is C7H12N4O2. The molecule has 0 aliphatic carbocycles. The Labute approximate surface area is 75.7 Å². The molecule has 0 saturated heterocycles. The second-order valence-electron chi connectivity index (χ2n) is 2.51. The van der Waals surface area contributed by atoms with Crippen molar-refractivity contribution < 1.29 is 4.92 Å². The molecule has 1 aromatic heterocycles. The summed E-state index contributed by atoms with van der Waals surface area (Å²) in [5, 5.41) is 17.4. The first kappa shape index (κ1) is 9.50. The zero-order chi connectivity index (χ0) is 9.84. The maximum absolute atomic E-state index is 10.5. The van der Waals surface area contributed by atoms with Gasteiger partial charge in [0.05, 0.1) is 4.92 Å². The third-order valence-corrected chi connectivity index (χ3v) is 1.61. The number of nitro groups is 1. The Balaban J connectivity index is 3.00. The minimum atomic E-state index is -0.433. The van der Waals surface area contributed by atoms with Crippen LogP contribution in [0.1, 0.15) is 13.8 Å². The second-order valence-corrected chi connectivity index (χ2v) is 2.51. The first-order valence-corrected chi connectivity index (χ1v) is 4.14. The Morgan fingerprint density at radius 1 is 1.69 bits per heavy atom. The molecule has 72 valence electrons. The van der Waals surface area contributed by atoms with E-state index in [0.29, 0.717) is 18.9 Å². The third kappa shape index (κ3) is 1.95. The van der Waals surface area contributed by atoms with Gasteiger partial charge >= 0.3 is 5.69 Å². The van der Waals surface area contributed by atoms with E-state index in [1.165, 1.54) is 10.9 Å². The van der Waals surface area contributed by atoms with Crippen LogP contribution in [0.15, 0.2) is 6.20 Å². The molecule has 0 aromatic carbocycles. The molecule has 0 aliphatic heterocycles. The van der Waals surface area contributed by atoms with Gasteiger partial charge in [-0.15, -0.1) is 5.10 Å². The molecule has 1 aromatic rings. The zero-order valence-electron chi connectivity index (χ0n) is 7.65. The molecule has 0 bridgehead atoms. The van der Waals surface area contributed by atoms with Gasteiger partial charge in [0.1, 0.15) is 6.20 Å². The lowest BCUT2D eigenvalue weighted by molar-refractivity contribution is -0.384. The average molecular weight is 184 g/mol. The van der Waals surface area contributed by atoms with E-state index in [1.54, 1.807) is 0 Å². The van der Waals surface area contributed by atoms with Crippen LogP contribution in [-0.4, -0.2) is 21.2 Å². The fourth-order valence-corrected chi connectivity index (χ4v) is 1.000. The van der Waals surface area contributed by atoms with E-state index in [0.717, 1.165) is 0 Å². The van der Waals surface area contributed by atoms with Crippen molar-refractivity contribution in [3.63, 3.8) is 0 Å². The lowest BCUT2D eigenvalue weighted by Crippen LogP contribution is -2.01. The average Bonchev–Trinajstić information content (AvgIpc) is 2.48. The monoisotopic (exact) mass is 184 g/mol. The van der Waals surface area contributed by atoms with Crippen LogP contribution in [0.5, 0.6) is 0 Å². The van der Waals surface area contributed by atoms with Gasteiger partial charge in [-0.2, -0.15) is 0 Å². The van der Waals surface area contributed by atoms with Crippen molar-refractivity contribution in [3.05, 3.63) is 16.3 Å². The first-order valence-electron chi connectivity index (χ1n) is 4.14. The van der Waals surface area contributed by atoms with Crippen molar-refractivity contribution >= 4 is 11.5 Å². The van der Waals surface area contributed by atoms with Gasteiger partial charge in [-0.3, -0.25) is 14.8 Å². The van der Waals surface area contributed by atoms with Crippen molar-refractivity contribution in [1.29, 1.82) is 0 Å². The summed E-state index contributed by atoms with van der Waals surface area (Å²) in [6.45, 7) is 5.01. The number of hydrogen-bond donors (Lipinski definition) is 1. The highest BCUT2D eigenvalue weighted by Gasteiger charge is 2.17. The lowest BCUT2D eigenvalue weighted by atomic mass is 10.5. The van der Waals surface area contributed by atoms with Crippen molar-refractivity contribution in [2.45, 2.75) is 20.4 Å². The fraction of sp³-hybridized carbons (Fsp3) is 0.571. The third-order valence-electron chi connectivity index (χ3n) is 1.61. The van der Waals surface area contributed by atoms with Crippen LogP contribution in [0.3, 0.4) is 0 Å². The van der Waals surface area contributed by atoms with Crippen LogP contribution < -0.4 is 5.32 Å². The van der Waals surface area contributed by atoms with Crippen molar-refractivity contribution in [2.75, 3.05) is 11.9 Å². The number of aromatic nitrogens is 2. The van der Waals surface area contributed by atoms with Crippen LogP contribution in [0.4, 0.5) is 11.5 Å². The number of nitrogens with zero attached hydrogens (tertiary/aromatic N) is 3. The molecule has 1 N–H and O–H groups in total. The van der Waals surface area contributed by atoms with Crippen LogP contribution in [-0.2, 0) is 6.54 Å². The molecule has 0 aliphatic rings. The van der Waals surface area contributed by atoms with Crippen molar-refractivity contribution in [1.82, 2.24) is 9.78 Å². The summed E-state index contributed by atoms with van der Waals surface area (Å²) in [6.07, 6.45) is 1.43. The molecule has 0 saturated carbocycles. The molecule has 6 heteroatoms. The Hall–Kier alpha value is -1.59. The molecule has 1 heterocycles. The number of aryl methyl sites for hydroxylation is 1. The summed E-state index contributed by atoms with van der Waals surface area (Å²) >= 11 is 0. The van der Waals surface area contributed by atoms with E-state index < -0.39 is 4.92 Å². The molecule has 0 spiro atoms.